The van der Waals surface area contributed by atoms with E-state index in [0.29, 0.717) is 17.2 Å². The van der Waals surface area contributed by atoms with Gasteiger partial charge in [0.05, 0.1) is 4.90 Å². The Hall–Kier alpha value is -2.41. The van der Waals surface area contributed by atoms with E-state index >= 15 is 0 Å². The molecule has 1 unspecified atom stereocenters. The molecule has 26 heavy (non-hydrogen) atoms. The summed E-state index contributed by atoms with van der Waals surface area (Å²) in [5.41, 5.74) is 1.01. The average molecular weight is 378 g/mol. The normalized spacial score (nSPS) is 12.7. The maximum absolute atomic E-state index is 13.3. The molecule has 2 rings (SSSR count). The first-order valence-corrected chi connectivity index (χ1v) is 9.78. The number of halogens is 1. The largest absolute Gasteiger partial charge is 0.349 e. The topological polar surface area (TPSA) is 75.3 Å². The molecule has 0 aliphatic rings. The molecule has 2 aromatic carbocycles. The zero-order valence-corrected chi connectivity index (χ0v) is 16.0. The van der Waals surface area contributed by atoms with Gasteiger partial charge in [-0.05, 0) is 67.8 Å². The third-order valence-electron chi connectivity index (χ3n) is 4.20. The second-order valence-electron chi connectivity index (χ2n) is 6.60. The summed E-state index contributed by atoms with van der Waals surface area (Å²) >= 11 is 0. The Kier molecular flexibility index (Phi) is 6.02. The third-order valence-corrected chi connectivity index (χ3v) is 5.58. The van der Waals surface area contributed by atoms with Gasteiger partial charge in [0.1, 0.15) is 5.82 Å². The van der Waals surface area contributed by atoms with Gasteiger partial charge in [0.2, 0.25) is 0 Å². The van der Waals surface area contributed by atoms with Crippen molar-refractivity contribution in [1.29, 1.82) is 0 Å². The highest BCUT2D eigenvalue weighted by atomic mass is 32.2. The SMILES string of the molecule is Cc1cc(S(=O)(=O)Nc2ccc(C(=O)NC(C)C(C)C)cc2)ccc1F. The quantitative estimate of drug-likeness (QED) is 0.805. The van der Waals surface area contributed by atoms with Gasteiger partial charge in [-0.1, -0.05) is 13.8 Å². The minimum Gasteiger partial charge on any atom is -0.349 e. The molecule has 5 nitrogen and oxygen atoms in total. The number of carbonyl (C=O) groups excluding carboxylic acids is 1. The highest BCUT2D eigenvalue weighted by molar-refractivity contribution is 7.92. The van der Waals surface area contributed by atoms with Gasteiger partial charge in [-0.2, -0.15) is 0 Å². The van der Waals surface area contributed by atoms with Gasteiger partial charge < -0.3 is 5.32 Å². The Morgan fingerprint density at radius 3 is 2.19 bits per heavy atom. The Bertz CT molecular complexity index is 894. The molecule has 0 aromatic heterocycles. The van der Waals surface area contributed by atoms with E-state index in [1.54, 1.807) is 12.1 Å². The first-order valence-electron chi connectivity index (χ1n) is 8.30. The summed E-state index contributed by atoms with van der Waals surface area (Å²) in [6.07, 6.45) is 0. The smallest absolute Gasteiger partial charge is 0.261 e. The first kappa shape index (κ1) is 19.9. The van der Waals surface area contributed by atoms with E-state index in [1.807, 2.05) is 20.8 Å². The van der Waals surface area contributed by atoms with Crippen molar-refractivity contribution in [2.75, 3.05) is 4.72 Å². The molecule has 0 saturated carbocycles. The molecule has 0 spiro atoms. The fourth-order valence-corrected chi connectivity index (χ4v) is 3.29. The number of benzene rings is 2. The number of hydrogen-bond acceptors (Lipinski definition) is 3. The number of hydrogen-bond donors (Lipinski definition) is 2. The maximum Gasteiger partial charge on any atom is 0.261 e. The Balaban J connectivity index is 2.13. The number of anilines is 1. The van der Waals surface area contributed by atoms with E-state index in [9.17, 15) is 17.6 Å². The minimum atomic E-state index is -3.83. The Morgan fingerprint density at radius 1 is 1.04 bits per heavy atom. The van der Waals surface area contributed by atoms with Crippen molar-refractivity contribution in [3.8, 4) is 0 Å². The molecular formula is C19H23FN2O3S. The van der Waals surface area contributed by atoms with Crippen LogP contribution in [0.1, 0.15) is 36.7 Å². The highest BCUT2D eigenvalue weighted by Gasteiger charge is 2.16. The van der Waals surface area contributed by atoms with Crippen molar-refractivity contribution >= 4 is 21.6 Å². The minimum absolute atomic E-state index is 0.0241. The van der Waals surface area contributed by atoms with Crippen LogP contribution in [0, 0.1) is 18.7 Å². The van der Waals surface area contributed by atoms with Crippen LogP contribution >= 0.6 is 0 Å². The van der Waals surface area contributed by atoms with Crippen molar-refractivity contribution in [3.05, 3.63) is 59.4 Å². The highest BCUT2D eigenvalue weighted by Crippen LogP contribution is 2.19. The van der Waals surface area contributed by atoms with Crippen LogP contribution in [0.5, 0.6) is 0 Å². The van der Waals surface area contributed by atoms with E-state index in [1.165, 1.54) is 31.2 Å². The molecule has 0 radical (unpaired) electrons. The predicted molar refractivity (Wildman–Crippen MR) is 100 cm³/mol. The fraction of sp³-hybridized carbons (Fsp3) is 0.316. The van der Waals surface area contributed by atoms with Crippen LogP contribution in [0.2, 0.25) is 0 Å². The summed E-state index contributed by atoms with van der Waals surface area (Å²) in [5.74, 6) is -0.367. The lowest BCUT2D eigenvalue weighted by molar-refractivity contribution is 0.0930. The predicted octanol–water partition coefficient (Wildman–Crippen LogP) is 3.71. The maximum atomic E-state index is 13.3. The molecule has 0 heterocycles. The van der Waals surface area contributed by atoms with Gasteiger partial charge in [-0.3, -0.25) is 9.52 Å². The van der Waals surface area contributed by atoms with Crippen LogP contribution in [0.15, 0.2) is 47.4 Å². The van der Waals surface area contributed by atoms with E-state index in [2.05, 4.69) is 10.0 Å². The Labute approximate surface area is 153 Å². The number of sulfonamides is 1. The lowest BCUT2D eigenvalue weighted by Crippen LogP contribution is -2.36. The van der Waals surface area contributed by atoms with Gasteiger partial charge in [0.15, 0.2) is 0 Å². The Morgan fingerprint density at radius 2 is 1.65 bits per heavy atom. The zero-order valence-electron chi connectivity index (χ0n) is 15.2. The number of carbonyl (C=O) groups is 1. The summed E-state index contributed by atoms with van der Waals surface area (Å²) in [5, 5.41) is 2.89. The molecule has 0 aliphatic heterocycles. The standard InChI is InChI=1S/C19H23FN2O3S/c1-12(2)14(4)21-19(23)15-5-7-16(8-6-15)22-26(24,25)17-9-10-18(20)13(3)11-17/h5-12,14,22H,1-4H3,(H,21,23). The van der Waals surface area contributed by atoms with E-state index < -0.39 is 15.8 Å². The molecule has 1 amide bonds. The summed E-state index contributed by atoms with van der Waals surface area (Å²) in [6.45, 7) is 7.45. The molecule has 140 valence electrons. The van der Waals surface area contributed by atoms with E-state index in [0.717, 1.165) is 6.07 Å². The lowest BCUT2D eigenvalue weighted by atomic mass is 10.1. The van der Waals surface area contributed by atoms with Gasteiger partial charge in [-0.25, -0.2) is 12.8 Å². The molecule has 2 aromatic rings. The molecular weight excluding hydrogens is 355 g/mol. The average Bonchev–Trinajstić information content (AvgIpc) is 2.57. The van der Waals surface area contributed by atoms with Crippen molar-refractivity contribution < 1.29 is 17.6 Å². The lowest BCUT2D eigenvalue weighted by Gasteiger charge is -2.17. The number of rotatable bonds is 6. The number of amides is 1. The van der Waals surface area contributed by atoms with Gasteiger partial charge in [0.25, 0.3) is 15.9 Å². The van der Waals surface area contributed by atoms with Crippen LogP contribution in [0.4, 0.5) is 10.1 Å². The molecule has 0 saturated heterocycles. The van der Waals surface area contributed by atoms with Gasteiger partial charge in [-0.15, -0.1) is 0 Å². The molecule has 2 N–H and O–H groups in total. The van der Waals surface area contributed by atoms with Crippen molar-refractivity contribution in [2.24, 2.45) is 5.92 Å². The summed E-state index contributed by atoms with van der Waals surface area (Å²) < 4.78 is 40.5. The number of nitrogens with one attached hydrogen (secondary N) is 2. The molecule has 7 heteroatoms. The van der Waals surface area contributed by atoms with E-state index in [-0.39, 0.29) is 22.4 Å². The monoisotopic (exact) mass is 378 g/mol. The summed E-state index contributed by atoms with van der Waals surface area (Å²) in [4.78, 5) is 12.1. The van der Waals surface area contributed by atoms with Gasteiger partial charge >= 0.3 is 0 Å². The second-order valence-corrected chi connectivity index (χ2v) is 8.28. The van der Waals surface area contributed by atoms with Crippen LogP contribution in [0.3, 0.4) is 0 Å². The first-order chi connectivity index (χ1) is 12.1. The second kappa shape index (κ2) is 7.86. The fourth-order valence-electron chi connectivity index (χ4n) is 2.14. The summed E-state index contributed by atoms with van der Waals surface area (Å²) in [6, 6.07) is 9.76. The molecule has 1 atom stereocenters. The van der Waals surface area contributed by atoms with Crippen molar-refractivity contribution in [3.63, 3.8) is 0 Å². The third kappa shape index (κ3) is 4.82. The molecule has 0 bridgehead atoms. The zero-order chi connectivity index (χ0) is 19.5. The number of aryl methyl sites for hydroxylation is 1. The van der Waals surface area contributed by atoms with Crippen LogP contribution < -0.4 is 10.0 Å². The molecule has 0 aliphatic carbocycles. The van der Waals surface area contributed by atoms with Crippen LogP contribution in [-0.2, 0) is 10.0 Å². The van der Waals surface area contributed by atoms with Crippen LogP contribution in [0.25, 0.3) is 0 Å². The molecule has 0 fully saturated rings. The van der Waals surface area contributed by atoms with E-state index in [4.69, 9.17) is 0 Å². The van der Waals surface area contributed by atoms with Crippen LogP contribution in [-0.4, -0.2) is 20.4 Å². The summed E-state index contributed by atoms with van der Waals surface area (Å²) in [7, 11) is -3.83. The van der Waals surface area contributed by atoms with Crippen molar-refractivity contribution in [1.82, 2.24) is 5.32 Å². The van der Waals surface area contributed by atoms with Crippen molar-refractivity contribution in [2.45, 2.75) is 38.6 Å². The van der Waals surface area contributed by atoms with Gasteiger partial charge in [0, 0.05) is 17.3 Å².